The smallest absolute Gasteiger partial charge is 0.0949 e. The van der Waals surface area contributed by atoms with E-state index < -0.39 is 0 Å². The van der Waals surface area contributed by atoms with E-state index in [1.807, 2.05) is 13.1 Å². The molecule has 90 valence electrons. The van der Waals surface area contributed by atoms with Crippen molar-refractivity contribution in [1.29, 1.82) is 0 Å². The van der Waals surface area contributed by atoms with Crippen LogP contribution in [0.4, 0.5) is 0 Å². The molecule has 5 heteroatoms. The number of nitrogens with zero attached hydrogens (tertiary/aromatic N) is 3. The Kier molecular flexibility index (Phi) is 3.81. The summed E-state index contributed by atoms with van der Waals surface area (Å²) in [6.45, 7) is 4.16. The van der Waals surface area contributed by atoms with Crippen molar-refractivity contribution in [3.8, 4) is 0 Å². The molecule has 2 aromatic rings. The van der Waals surface area contributed by atoms with E-state index in [1.165, 1.54) is 4.88 Å². The van der Waals surface area contributed by atoms with Gasteiger partial charge in [0.2, 0.25) is 0 Å². The highest BCUT2D eigenvalue weighted by Crippen LogP contribution is 2.22. The molecule has 2 rings (SSSR count). The highest BCUT2D eigenvalue weighted by Gasteiger charge is 2.13. The van der Waals surface area contributed by atoms with Gasteiger partial charge in [0.05, 0.1) is 16.9 Å². The fraction of sp³-hybridized carbons (Fsp3) is 0.417. The van der Waals surface area contributed by atoms with Crippen LogP contribution in [0, 0.1) is 13.8 Å². The van der Waals surface area contributed by atoms with Crippen LogP contribution in [-0.4, -0.2) is 22.2 Å². The first-order chi connectivity index (χ1) is 8.20. The maximum absolute atomic E-state index is 4.57. The first-order valence-electron chi connectivity index (χ1n) is 5.57. The average Bonchev–Trinajstić information content (AvgIpc) is 2.67. The summed E-state index contributed by atoms with van der Waals surface area (Å²) in [6, 6.07) is 2.23. The summed E-state index contributed by atoms with van der Waals surface area (Å²) in [5.41, 5.74) is 2.28. The summed E-state index contributed by atoms with van der Waals surface area (Å²) in [5.74, 6) is 0. The third-order valence-corrected chi connectivity index (χ3v) is 3.90. The minimum atomic E-state index is 0.246. The molecule has 0 saturated carbocycles. The summed E-state index contributed by atoms with van der Waals surface area (Å²) in [5, 5.41) is 12.2. The van der Waals surface area contributed by atoms with E-state index in [0.717, 1.165) is 22.7 Å². The van der Waals surface area contributed by atoms with E-state index in [0.29, 0.717) is 0 Å². The number of hydrogen-bond donors (Lipinski definition) is 1. The largest absolute Gasteiger partial charge is 0.313 e. The normalized spacial score (nSPS) is 12.6. The molecule has 0 amide bonds. The topological polar surface area (TPSA) is 50.7 Å². The quantitative estimate of drug-likeness (QED) is 0.899. The zero-order valence-electron chi connectivity index (χ0n) is 10.3. The Morgan fingerprint density at radius 2 is 2.18 bits per heavy atom. The molecule has 4 nitrogen and oxygen atoms in total. The molecule has 1 atom stereocenters. The standard InChI is InChI=1S/C12H16N4S/c1-8-9(2)17-12(16-8)6-11(13-3)10-4-5-14-15-7-10/h4-5,7,11,13H,6H2,1-3H3. The zero-order valence-corrected chi connectivity index (χ0v) is 11.1. The molecule has 0 bridgehead atoms. The van der Waals surface area contributed by atoms with Crippen molar-refractivity contribution >= 4 is 11.3 Å². The predicted molar refractivity (Wildman–Crippen MR) is 69.1 cm³/mol. The van der Waals surface area contributed by atoms with Crippen LogP contribution < -0.4 is 5.32 Å². The first kappa shape index (κ1) is 12.1. The summed E-state index contributed by atoms with van der Waals surface area (Å²) < 4.78 is 0. The van der Waals surface area contributed by atoms with Crippen molar-refractivity contribution in [3.05, 3.63) is 39.6 Å². The Morgan fingerprint density at radius 3 is 2.71 bits per heavy atom. The molecule has 0 aliphatic rings. The van der Waals surface area contributed by atoms with Crippen LogP contribution in [0.1, 0.15) is 27.2 Å². The highest BCUT2D eigenvalue weighted by molar-refractivity contribution is 7.11. The van der Waals surface area contributed by atoms with Crippen LogP contribution in [0.3, 0.4) is 0 Å². The molecule has 17 heavy (non-hydrogen) atoms. The van der Waals surface area contributed by atoms with E-state index in [2.05, 4.69) is 34.3 Å². The van der Waals surface area contributed by atoms with E-state index >= 15 is 0 Å². The fourth-order valence-corrected chi connectivity index (χ4v) is 2.67. The second-order valence-corrected chi connectivity index (χ2v) is 5.26. The number of aryl methyl sites for hydroxylation is 2. The lowest BCUT2D eigenvalue weighted by Gasteiger charge is -2.14. The minimum Gasteiger partial charge on any atom is -0.313 e. The van der Waals surface area contributed by atoms with Gasteiger partial charge < -0.3 is 5.32 Å². The predicted octanol–water partition coefficient (Wildman–Crippen LogP) is 2.05. The molecule has 2 aromatic heterocycles. The number of likely N-dealkylation sites (N-methyl/N-ethyl adjacent to an activating group) is 1. The van der Waals surface area contributed by atoms with Crippen molar-refractivity contribution in [2.45, 2.75) is 26.3 Å². The van der Waals surface area contributed by atoms with E-state index in [4.69, 9.17) is 0 Å². The number of hydrogen-bond acceptors (Lipinski definition) is 5. The van der Waals surface area contributed by atoms with Gasteiger partial charge in [-0.2, -0.15) is 10.2 Å². The van der Waals surface area contributed by atoms with Crippen molar-refractivity contribution < 1.29 is 0 Å². The zero-order chi connectivity index (χ0) is 12.3. The molecule has 0 radical (unpaired) electrons. The second kappa shape index (κ2) is 5.33. The number of nitrogens with one attached hydrogen (secondary N) is 1. The molecule has 2 heterocycles. The number of rotatable bonds is 4. The van der Waals surface area contributed by atoms with E-state index in [9.17, 15) is 0 Å². The summed E-state index contributed by atoms with van der Waals surface area (Å²) in [4.78, 5) is 5.86. The van der Waals surface area contributed by atoms with Crippen molar-refractivity contribution in [2.24, 2.45) is 0 Å². The van der Waals surface area contributed by atoms with Gasteiger partial charge in [-0.05, 0) is 32.5 Å². The molecular formula is C12H16N4S. The Bertz CT molecular complexity index is 461. The van der Waals surface area contributed by atoms with E-state index in [-0.39, 0.29) is 6.04 Å². The maximum atomic E-state index is 4.57. The first-order valence-corrected chi connectivity index (χ1v) is 6.39. The number of aromatic nitrogens is 3. The SMILES string of the molecule is CNC(Cc1nc(C)c(C)s1)c1ccnnc1. The average molecular weight is 248 g/mol. The van der Waals surface area contributed by atoms with Gasteiger partial charge in [0, 0.05) is 23.5 Å². The maximum Gasteiger partial charge on any atom is 0.0949 e. The summed E-state index contributed by atoms with van der Waals surface area (Å²) in [6.07, 6.45) is 4.41. The molecular weight excluding hydrogens is 232 g/mol. The van der Waals surface area contributed by atoms with Gasteiger partial charge in [-0.1, -0.05) is 0 Å². The molecule has 1 N–H and O–H groups in total. The van der Waals surface area contributed by atoms with Gasteiger partial charge in [-0.3, -0.25) is 0 Å². The van der Waals surface area contributed by atoms with Gasteiger partial charge >= 0.3 is 0 Å². The highest BCUT2D eigenvalue weighted by atomic mass is 32.1. The third kappa shape index (κ3) is 2.87. The minimum absolute atomic E-state index is 0.246. The van der Waals surface area contributed by atoms with Crippen molar-refractivity contribution in [3.63, 3.8) is 0 Å². The van der Waals surface area contributed by atoms with Gasteiger partial charge in [0.15, 0.2) is 0 Å². The lowest BCUT2D eigenvalue weighted by Crippen LogP contribution is -2.19. The van der Waals surface area contributed by atoms with Crippen LogP contribution in [-0.2, 0) is 6.42 Å². The summed E-state index contributed by atoms with van der Waals surface area (Å²) in [7, 11) is 1.96. The Hall–Kier alpha value is -1.33. The second-order valence-electron chi connectivity index (χ2n) is 3.97. The van der Waals surface area contributed by atoms with Gasteiger partial charge in [-0.25, -0.2) is 4.98 Å². The van der Waals surface area contributed by atoms with E-state index in [1.54, 1.807) is 23.7 Å². The fourth-order valence-electron chi connectivity index (χ4n) is 1.69. The van der Waals surface area contributed by atoms with Crippen LogP contribution in [0.5, 0.6) is 0 Å². The van der Waals surface area contributed by atoms with Crippen LogP contribution in [0.2, 0.25) is 0 Å². The third-order valence-electron chi connectivity index (χ3n) is 2.81. The lowest BCUT2D eigenvalue weighted by atomic mass is 10.1. The Balaban J connectivity index is 2.15. The van der Waals surface area contributed by atoms with Crippen LogP contribution in [0.15, 0.2) is 18.5 Å². The van der Waals surface area contributed by atoms with Gasteiger partial charge in [0.1, 0.15) is 0 Å². The molecule has 0 aliphatic heterocycles. The van der Waals surface area contributed by atoms with Crippen LogP contribution in [0.25, 0.3) is 0 Å². The van der Waals surface area contributed by atoms with Crippen molar-refractivity contribution in [1.82, 2.24) is 20.5 Å². The van der Waals surface area contributed by atoms with Crippen LogP contribution >= 0.6 is 11.3 Å². The molecule has 0 spiro atoms. The molecule has 0 saturated heterocycles. The molecule has 1 unspecified atom stereocenters. The van der Waals surface area contributed by atoms with Gasteiger partial charge in [0.25, 0.3) is 0 Å². The Morgan fingerprint density at radius 1 is 1.35 bits per heavy atom. The van der Waals surface area contributed by atoms with Crippen molar-refractivity contribution in [2.75, 3.05) is 7.05 Å². The molecule has 0 aromatic carbocycles. The monoisotopic (exact) mass is 248 g/mol. The Labute approximate surface area is 105 Å². The van der Waals surface area contributed by atoms with Gasteiger partial charge in [-0.15, -0.1) is 11.3 Å². The lowest BCUT2D eigenvalue weighted by molar-refractivity contribution is 0.586. The summed E-state index contributed by atoms with van der Waals surface area (Å²) >= 11 is 1.77. The molecule has 0 fully saturated rings. The molecule has 0 aliphatic carbocycles. The number of thiazole rings is 1.